The van der Waals surface area contributed by atoms with Crippen LogP contribution in [0.1, 0.15) is 40.6 Å². The van der Waals surface area contributed by atoms with E-state index >= 15 is 0 Å². The number of thioether (sulfide) groups is 1. The minimum atomic E-state index is -0.117. The molecule has 1 aliphatic rings. The van der Waals surface area contributed by atoms with E-state index in [0.29, 0.717) is 28.0 Å². The number of fused-ring (bicyclic) bond motifs is 2. The summed E-state index contributed by atoms with van der Waals surface area (Å²) in [4.78, 5) is 41.5. The fourth-order valence-electron chi connectivity index (χ4n) is 4.09. The second-order valence-corrected chi connectivity index (χ2v) is 11.3. The molecular weight excluding hydrogens is 472 g/mol. The molecule has 33 heavy (non-hydrogen) atoms. The van der Waals surface area contributed by atoms with Crippen LogP contribution in [0.4, 0.5) is 0 Å². The van der Waals surface area contributed by atoms with Crippen molar-refractivity contribution in [2.45, 2.75) is 43.5 Å². The van der Waals surface area contributed by atoms with Gasteiger partial charge in [-0.2, -0.15) is 0 Å². The molecule has 9 heteroatoms. The third kappa shape index (κ3) is 3.55. The molecule has 0 saturated heterocycles. The van der Waals surface area contributed by atoms with E-state index in [0.717, 1.165) is 49.6 Å². The molecule has 0 unspecified atom stereocenters. The first-order chi connectivity index (χ1) is 16.0. The zero-order valence-corrected chi connectivity index (χ0v) is 20.5. The van der Waals surface area contributed by atoms with Crippen LogP contribution in [0.3, 0.4) is 0 Å². The van der Waals surface area contributed by atoms with E-state index in [1.165, 1.54) is 34.4 Å². The van der Waals surface area contributed by atoms with Gasteiger partial charge in [-0.1, -0.05) is 30.0 Å². The van der Waals surface area contributed by atoms with Gasteiger partial charge in [0, 0.05) is 4.88 Å². The molecule has 0 atom stereocenters. The lowest BCUT2D eigenvalue weighted by atomic mass is 10.1. The molecule has 6 nitrogen and oxygen atoms in total. The predicted octanol–water partition coefficient (Wildman–Crippen LogP) is 5.53. The maximum Gasteiger partial charge on any atom is 0.267 e. The molecule has 1 aliphatic carbocycles. The van der Waals surface area contributed by atoms with Crippen molar-refractivity contribution in [3.63, 3.8) is 0 Å². The maximum absolute atomic E-state index is 13.7. The summed E-state index contributed by atoms with van der Waals surface area (Å²) >= 11 is 4.49. The van der Waals surface area contributed by atoms with Gasteiger partial charge in [-0.25, -0.2) is 9.97 Å². The Morgan fingerprint density at radius 1 is 1.09 bits per heavy atom. The lowest BCUT2D eigenvalue weighted by Gasteiger charge is -2.12. The van der Waals surface area contributed by atoms with Crippen molar-refractivity contribution in [3.05, 3.63) is 78.2 Å². The van der Waals surface area contributed by atoms with Crippen molar-refractivity contribution >= 4 is 54.9 Å². The molecule has 0 bridgehead atoms. The summed E-state index contributed by atoms with van der Waals surface area (Å²) in [7, 11) is 0. The van der Waals surface area contributed by atoms with Gasteiger partial charge in [0.2, 0.25) is 0 Å². The summed E-state index contributed by atoms with van der Waals surface area (Å²) in [5.74, 6) is 1.47. The number of hydrogen-bond acceptors (Lipinski definition) is 7. The van der Waals surface area contributed by atoms with E-state index in [1.54, 1.807) is 4.57 Å². The Kier molecular flexibility index (Phi) is 5.01. The van der Waals surface area contributed by atoms with Crippen LogP contribution < -0.4 is 11.1 Å². The highest BCUT2D eigenvalue weighted by Gasteiger charge is 2.29. The van der Waals surface area contributed by atoms with Gasteiger partial charge in [-0.05, 0) is 61.2 Å². The summed E-state index contributed by atoms with van der Waals surface area (Å²) in [6.45, 7) is 3.96. The van der Waals surface area contributed by atoms with Crippen molar-refractivity contribution in [1.29, 1.82) is 0 Å². The van der Waals surface area contributed by atoms with Crippen molar-refractivity contribution < 1.29 is 0 Å². The number of rotatable bonds is 5. The van der Waals surface area contributed by atoms with Gasteiger partial charge >= 0.3 is 0 Å². The zero-order chi connectivity index (χ0) is 22.7. The van der Waals surface area contributed by atoms with E-state index in [-0.39, 0.29) is 11.1 Å². The molecule has 0 spiro atoms. The summed E-state index contributed by atoms with van der Waals surface area (Å²) < 4.78 is 1.70. The molecule has 0 radical (unpaired) electrons. The Bertz CT molecular complexity index is 1640. The molecule has 4 heterocycles. The lowest BCUT2D eigenvalue weighted by molar-refractivity contribution is 0.819. The summed E-state index contributed by atoms with van der Waals surface area (Å²) in [5.41, 5.74) is 2.76. The summed E-state index contributed by atoms with van der Waals surface area (Å²) in [6.07, 6.45) is 2.27. The molecular formula is C24H20N4O2S3. The SMILES string of the molecule is Cc1sc2nc(CSc3nc4scc(C5CC5)c4c(=O)n3-c3ccccc3)[nH]c(=O)c2c1C. The summed E-state index contributed by atoms with van der Waals surface area (Å²) in [5, 5.41) is 4.10. The van der Waals surface area contributed by atoms with Gasteiger partial charge in [0.1, 0.15) is 15.5 Å². The first-order valence-corrected chi connectivity index (χ1v) is 13.4. The Morgan fingerprint density at radius 2 is 1.88 bits per heavy atom. The molecule has 4 aromatic heterocycles. The van der Waals surface area contributed by atoms with Crippen LogP contribution in [0.2, 0.25) is 0 Å². The van der Waals surface area contributed by atoms with Crippen LogP contribution in [0.15, 0.2) is 50.5 Å². The normalized spacial score (nSPS) is 13.9. The molecule has 6 rings (SSSR count). The second-order valence-electron chi connectivity index (χ2n) is 8.28. The number of H-pyrrole nitrogens is 1. The van der Waals surface area contributed by atoms with Crippen LogP contribution in [0.25, 0.3) is 26.1 Å². The fourth-order valence-corrected chi connectivity index (χ4v) is 7.08. The van der Waals surface area contributed by atoms with Crippen molar-refractivity contribution in [3.8, 4) is 5.69 Å². The average molecular weight is 493 g/mol. The number of hydrogen-bond donors (Lipinski definition) is 1. The number of aromatic nitrogens is 4. The monoisotopic (exact) mass is 492 g/mol. The molecule has 1 N–H and O–H groups in total. The van der Waals surface area contributed by atoms with Crippen LogP contribution in [-0.2, 0) is 5.75 Å². The molecule has 1 saturated carbocycles. The van der Waals surface area contributed by atoms with E-state index < -0.39 is 0 Å². The van der Waals surface area contributed by atoms with Gasteiger partial charge in [0.25, 0.3) is 11.1 Å². The number of para-hydroxylation sites is 1. The quantitative estimate of drug-likeness (QED) is 0.258. The fraction of sp³-hybridized carbons (Fsp3) is 0.250. The van der Waals surface area contributed by atoms with E-state index in [9.17, 15) is 9.59 Å². The minimum Gasteiger partial charge on any atom is -0.309 e. The Morgan fingerprint density at radius 3 is 2.64 bits per heavy atom. The Balaban J connectivity index is 1.45. The molecule has 1 fully saturated rings. The number of benzene rings is 1. The molecule has 166 valence electrons. The molecule has 0 amide bonds. The zero-order valence-electron chi connectivity index (χ0n) is 18.0. The Hall–Kier alpha value is -2.75. The smallest absolute Gasteiger partial charge is 0.267 e. The van der Waals surface area contributed by atoms with Crippen molar-refractivity contribution in [2.24, 2.45) is 0 Å². The highest BCUT2D eigenvalue weighted by Crippen LogP contribution is 2.44. The number of nitrogens with zero attached hydrogens (tertiary/aromatic N) is 3. The number of aryl methyl sites for hydroxylation is 2. The standard InChI is InChI=1S/C24H20N4O2S3/c1-12-13(2)33-22-18(12)20(29)25-17(26-22)11-32-24-27-21-19(16(10-31-21)14-8-9-14)23(30)28(24)15-6-4-3-5-7-15/h3-7,10,14H,8-9,11H2,1-2H3,(H,25,26,29). The van der Waals surface area contributed by atoms with Crippen LogP contribution in [0.5, 0.6) is 0 Å². The molecule has 5 aromatic rings. The van der Waals surface area contributed by atoms with Crippen molar-refractivity contribution in [1.82, 2.24) is 19.5 Å². The van der Waals surface area contributed by atoms with Crippen LogP contribution in [-0.4, -0.2) is 19.5 Å². The highest BCUT2D eigenvalue weighted by molar-refractivity contribution is 7.98. The van der Waals surface area contributed by atoms with Crippen LogP contribution in [0, 0.1) is 13.8 Å². The number of aromatic amines is 1. The van der Waals surface area contributed by atoms with E-state index in [2.05, 4.69) is 15.3 Å². The van der Waals surface area contributed by atoms with Gasteiger partial charge in [-0.3, -0.25) is 14.2 Å². The van der Waals surface area contributed by atoms with Gasteiger partial charge < -0.3 is 4.98 Å². The van der Waals surface area contributed by atoms with Crippen LogP contribution >= 0.6 is 34.4 Å². The first kappa shape index (κ1) is 20.8. The first-order valence-electron chi connectivity index (χ1n) is 10.7. The van der Waals surface area contributed by atoms with Gasteiger partial charge in [0.15, 0.2) is 5.16 Å². The van der Waals surface area contributed by atoms with Gasteiger partial charge in [0.05, 0.1) is 22.2 Å². The van der Waals surface area contributed by atoms with Crippen molar-refractivity contribution in [2.75, 3.05) is 0 Å². The molecule has 1 aromatic carbocycles. The number of nitrogens with one attached hydrogen (secondary N) is 1. The summed E-state index contributed by atoms with van der Waals surface area (Å²) in [6, 6.07) is 9.62. The Labute approximate surface area is 201 Å². The third-order valence-electron chi connectivity index (χ3n) is 6.06. The topological polar surface area (TPSA) is 80.6 Å². The van der Waals surface area contributed by atoms with E-state index in [1.807, 2.05) is 44.2 Å². The average Bonchev–Trinajstić information content (AvgIpc) is 3.49. The number of thiophene rings is 2. The predicted molar refractivity (Wildman–Crippen MR) is 136 cm³/mol. The minimum absolute atomic E-state index is 0.0294. The van der Waals surface area contributed by atoms with E-state index in [4.69, 9.17) is 4.98 Å². The maximum atomic E-state index is 13.7. The third-order valence-corrected chi connectivity index (χ3v) is 9.00. The molecule has 0 aliphatic heterocycles. The van der Waals surface area contributed by atoms with Gasteiger partial charge in [-0.15, -0.1) is 22.7 Å². The highest BCUT2D eigenvalue weighted by atomic mass is 32.2. The largest absolute Gasteiger partial charge is 0.309 e. The second kappa shape index (κ2) is 7.93. The lowest BCUT2D eigenvalue weighted by Crippen LogP contribution is -2.22.